The zero-order valence-corrected chi connectivity index (χ0v) is 22.9. The van der Waals surface area contributed by atoms with Crippen LogP contribution in [0, 0.1) is 0 Å². The largest absolute Gasteiger partial charge is 0.379 e. The Bertz CT molecular complexity index is 1590. The first kappa shape index (κ1) is 26.8. The smallest absolute Gasteiger partial charge is 0.319 e. The van der Waals surface area contributed by atoms with Crippen molar-refractivity contribution in [3.63, 3.8) is 0 Å². The Balaban J connectivity index is 1.28. The van der Waals surface area contributed by atoms with Crippen LogP contribution in [0.2, 0.25) is 0 Å². The van der Waals surface area contributed by atoms with Gasteiger partial charge in [0.25, 0.3) is 0 Å². The molecule has 0 spiro atoms. The monoisotopic (exact) mass is 553 g/mol. The number of hydrogen-bond acceptors (Lipinski definition) is 8. The zero-order valence-electron chi connectivity index (χ0n) is 22.0. The molecule has 2 amide bonds. The lowest BCUT2D eigenvalue weighted by Gasteiger charge is -2.26. The van der Waals surface area contributed by atoms with Crippen molar-refractivity contribution >= 4 is 32.8 Å². The minimum absolute atomic E-state index is 0.0226. The van der Waals surface area contributed by atoms with E-state index in [4.69, 9.17) is 14.2 Å². The summed E-state index contributed by atoms with van der Waals surface area (Å²) < 4.78 is 40.2. The summed E-state index contributed by atoms with van der Waals surface area (Å²) in [6.45, 7) is 5.24. The van der Waals surface area contributed by atoms with E-state index in [-0.39, 0.29) is 17.0 Å². The van der Waals surface area contributed by atoms with Gasteiger partial charge in [0, 0.05) is 50.3 Å². The van der Waals surface area contributed by atoms with Crippen molar-refractivity contribution in [2.45, 2.75) is 37.6 Å². The molecular weight excluding hydrogens is 522 g/mol. The lowest BCUT2D eigenvalue weighted by molar-refractivity contribution is 0.0730. The van der Waals surface area contributed by atoms with Crippen LogP contribution >= 0.6 is 0 Å². The summed E-state index contributed by atoms with van der Waals surface area (Å²) in [6, 6.07) is 12.0. The predicted octanol–water partition coefficient (Wildman–Crippen LogP) is 2.96. The Morgan fingerprint density at radius 3 is 2.64 bits per heavy atom. The first-order chi connectivity index (χ1) is 18.7. The number of rotatable bonds is 8. The number of morpholine rings is 1. The number of aryl methyl sites for hydroxylation is 3. The summed E-state index contributed by atoms with van der Waals surface area (Å²) in [4.78, 5) is 21.4. The molecule has 2 aromatic carbocycles. The number of ether oxygens (including phenoxy) is 1. The molecule has 0 radical (unpaired) electrons. The van der Waals surface area contributed by atoms with E-state index in [1.165, 1.54) is 4.31 Å². The highest BCUT2D eigenvalue weighted by Gasteiger charge is 2.27. The second-order valence-electron chi connectivity index (χ2n) is 9.60. The summed E-state index contributed by atoms with van der Waals surface area (Å²) in [5.74, 6) is 1.64. The van der Waals surface area contributed by atoms with E-state index in [0.29, 0.717) is 67.6 Å². The van der Waals surface area contributed by atoms with E-state index >= 15 is 0 Å². The fourth-order valence-corrected chi connectivity index (χ4v) is 5.84. The number of sulfonamides is 1. The number of amides is 2. The number of anilines is 1. The van der Waals surface area contributed by atoms with Gasteiger partial charge in [-0.25, -0.2) is 18.2 Å². The van der Waals surface area contributed by atoms with Gasteiger partial charge in [0.15, 0.2) is 0 Å². The van der Waals surface area contributed by atoms with Crippen LogP contribution in [0.3, 0.4) is 0 Å². The normalized spacial score (nSPS) is 14.7. The zero-order chi connectivity index (χ0) is 27.6. The maximum absolute atomic E-state index is 13.1. The lowest BCUT2D eigenvalue weighted by atomic mass is 10.2. The molecule has 1 aliphatic heterocycles. The highest BCUT2D eigenvalue weighted by Crippen LogP contribution is 2.24. The summed E-state index contributed by atoms with van der Waals surface area (Å²) in [6.07, 6.45) is 0.979. The van der Waals surface area contributed by atoms with Gasteiger partial charge in [-0.3, -0.25) is 0 Å². The molecule has 4 aromatic rings. The Morgan fingerprint density at radius 2 is 1.87 bits per heavy atom. The molecule has 5 rings (SSSR count). The Morgan fingerprint density at radius 1 is 1.08 bits per heavy atom. The summed E-state index contributed by atoms with van der Waals surface area (Å²) in [7, 11) is -1.71. The van der Waals surface area contributed by atoms with Crippen molar-refractivity contribution in [3.05, 3.63) is 54.2 Å². The number of imidazole rings is 1. The SMILES string of the molecule is CC(C)NC(=O)Nc1cccc(-c2noc(CCc3nc4cc(S(=O)(=O)N5CCOCC5)ccc4n3C)n2)c1. The number of fused-ring (bicyclic) bond motifs is 1. The van der Waals surface area contributed by atoms with Crippen molar-refractivity contribution < 1.29 is 22.5 Å². The molecule has 1 aliphatic rings. The number of nitrogens with zero attached hydrogens (tertiary/aromatic N) is 5. The van der Waals surface area contributed by atoms with Gasteiger partial charge >= 0.3 is 6.03 Å². The van der Waals surface area contributed by atoms with Crippen molar-refractivity contribution in [1.29, 1.82) is 0 Å². The maximum atomic E-state index is 13.1. The molecule has 13 heteroatoms. The molecule has 1 fully saturated rings. The molecule has 1 saturated heterocycles. The van der Waals surface area contributed by atoms with E-state index in [1.54, 1.807) is 30.3 Å². The van der Waals surface area contributed by atoms with Crippen molar-refractivity contribution in [2.24, 2.45) is 7.05 Å². The fraction of sp³-hybridized carbons (Fsp3) is 0.385. The fourth-order valence-electron chi connectivity index (χ4n) is 4.41. The second-order valence-corrected chi connectivity index (χ2v) is 11.5. The molecule has 206 valence electrons. The first-order valence-electron chi connectivity index (χ1n) is 12.7. The van der Waals surface area contributed by atoms with E-state index in [1.807, 2.05) is 37.6 Å². The Kier molecular flexibility index (Phi) is 7.64. The van der Waals surface area contributed by atoms with Gasteiger partial charge in [-0.05, 0) is 44.2 Å². The molecule has 2 N–H and O–H groups in total. The minimum atomic E-state index is -3.61. The molecule has 2 aromatic heterocycles. The third-order valence-corrected chi connectivity index (χ3v) is 8.28. The van der Waals surface area contributed by atoms with E-state index < -0.39 is 10.0 Å². The number of urea groups is 1. The highest BCUT2D eigenvalue weighted by molar-refractivity contribution is 7.89. The number of carbonyl (C=O) groups excluding carboxylic acids is 1. The summed E-state index contributed by atoms with van der Waals surface area (Å²) in [5.41, 5.74) is 2.78. The molecule has 39 heavy (non-hydrogen) atoms. The number of nitrogens with one attached hydrogen (secondary N) is 2. The summed E-state index contributed by atoms with van der Waals surface area (Å²) in [5, 5.41) is 9.67. The van der Waals surface area contributed by atoms with Gasteiger partial charge in [-0.15, -0.1) is 0 Å². The van der Waals surface area contributed by atoms with Crippen LogP contribution in [-0.4, -0.2) is 70.8 Å². The molecule has 0 aliphatic carbocycles. The molecule has 12 nitrogen and oxygen atoms in total. The molecule has 0 atom stereocenters. The van der Waals surface area contributed by atoms with Gasteiger partial charge in [0.2, 0.25) is 21.7 Å². The summed E-state index contributed by atoms with van der Waals surface area (Å²) >= 11 is 0. The van der Waals surface area contributed by atoms with E-state index in [0.717, 1.165) is 11.3 Å². The van der Waals surface area contributed by atoms with E-state index in [9.17, 15) is 13.2 Å². The van der Waals surface area contributed by atoms with Crippen LogP contribution in [0.1, 0.15) is 25.6 Å². The molecule has 3 heterocycles. The van der Waals surface area contributed by atoms with Crippen molar-refractivity contribution in [1.82, 2.24) is 29.3 Å². The topological polar surface area (TPSA) is 144 Å². The maximum Gasteiger partial charge on any atom is 0.319 e. The van der Waals surface area contributed by atoms with Gasteiger partial charge in [0.1, 0.15) is 5.82 Å². The van der Waals surface area contributed by atoms with Gasteiger partial charge < -0.3 is 24.5 Å². The quantitative estimate of drug-likeness (QED) is 0.339. The molecule has 0 bridgehead atoms. The average molecular weight is 554 g/mol. The average Bonchev–Trinajstić information content (AvgIpc) is 3.52. The second kappa shape index (κ2) is 11.1. The van der Waals surface area contributed by atoms with E-state index in [2.05, 4.69) is 20.8 Å². The van der Waals surface area contributed by atoms with Crippen LogP contribution in [0.4, 0.5) is 10.5 Å². The molecule has 0 saturated carbocycles. The van der Waals surface area contributed by atoms with Crippen LogP contribution in [-0.2, 0) is 34.6 Å². The van der Waals surface area contributed by atoms with Crippen LogP contribution in [0.5, 0.6) is 0 Å². The van der Waals surface area contributed by atoms with Gasteiger partial charge in [-0.1, -0.05) is 17.3 Å². The van der Waals surface area contributed by atoms with Gasteiger partial charge in [0.05, 0.1) is 29.1 Å². The first-order valence-corrected chi connectivity index (χ1v) is 14.2. The number of aromatic nitrogens is 4. The Labute approximate surface area is 226 Å². The highest BCUT2D eigenvalue weighted by atomic mass is 32.2. The number of carbonyl (C=O) groups is 1. The van der Waals surface area contributed by atoms with Crippen LogP contribution in [0.25, 0.3) is 22.4 Å². The third-order valence-electron chi connectivity index (χ3n) is 6.38. The van der Waals surface area contributed by atoms with Crippen molar-refractivity contribution in [2.75, 3.05) is 31.6 Å². The molecule has 0 unspecified atom stereocenters. The number of benzene rings is 2. The number of hydrogen-bond donors (Lipinski definition) is 2. The standard InChI is InChI=1S/C26H31N7O5S/c1-17(2)27-26(34)28-19-6-4-5-18(15-19)25-30-24(38-31-25)10-9-23-29-21-16-20(7-8-22(21)32(23)3)39(35,36)33-11-13-37-14-12-33/h4-8,15-17H,9-14H2,1-3H3,(H2,27,28,34). The van der Waals surface area contributed by atoms with Crippen LogP contribution < -0.4 is 10.6 Å². The van der Waals surface area contributed by atoms with Gasteiger partial charge in [-0.2, -0.15) is 9.29 Å². The molecular formula is C26H31N7O5S. The lowest BCUT2D eigenvalue weighted by Crippen LogP contribution is -2.40. The van der Waals surface area contributed by atoms with Crippen molar-refractivity contribution in [3.8, 4) is 11.4 Å². The third kappa shape index (κ3) is 5.95. The predicted molar refractivity (Wildman–Crippen MR) is 145 cm³/mol. The Hall–Kier alpha value is -3.81. The minimum Gasteiger partial charge on any atom is -0.379 e. The van der Waals surface area contributed by atoms with Crippen LogP contribution in [0.15, 0.2) is 51.9 Å².